The lowest BCUT2D eigenvalue weighted by Gasteiger charge is -2.19. The van der Waals surface area contributed by atoms with E-state index < -0.39 is 10.0 Å². The first-order chi connectivity index (χ1) is 8.68. The normalized spacial score (nSPS) is 16.3. The average Bonchev–Trinajstić information content (AvgIpc) is 2.87. The molecule has 0 radical (unpaired) electrons. The van der Waals surface area contributed by atoms with Gasteiger partial charge in [-0.2, -0.15) is 4.31 Å². The maximum atomic E-state index is 12.5. The molecule has 0 atom stereocenters. The van der Waals surface area contributed by atoms with E-state index in [9.17, 15) is 8.42 Å². The number of hydrogen-bond acceptors (Lipinski definition) is 4. The Hall–Kier alpha value is -1.18. The SMILES string of the molecule is O=S(=O)(c1cnc[nH]1)N(Cc1cccs1)C1CC1. The Morgan fingerprint density at radius 3 is 2.89 bits per heavy atom. The third-order valence-corrected chi connectivity index (χ3v) is 5.59. The minimum Gasteiger partial charge on any atom is -0.335 e. The molecule has 0 aromatic carbocycles. The fraction of sp³-hybridized carbons (Fsp3) is 0.364. The van der Waals surface area contributed by atoms with Crippen molar-refractivity contribution in [2.75, 3.05) is 0 Å². The highest BCUT2D eigenvalue weighted by Gasteiger charge is 2.38. The molecule has 7 heteroatoms. The molecular weight excluding hydrogens is 270 g/mol. The van der Waals surface area contributed by atoms with E-state index in [0.717, 1.165) is 17.7 Å². The van der Waals surface area contributed by atoms with Crippen molar-refractivity contribution in [1.29, 1.82) is 0 Å². The van der Waals surface area contributed by atoms with Gasteiger partial charge in [0.25, 0.3) is 10.0 Å². The Morgan fingerprint density at radius 2 is 2.33 bits per heavy atom. The molecule has 18 heavy (non-hydrogen) atoms. The molecule has 1 saturated carbocycles. The van der Waals surface area contributed by atoms with Crippen molar-refractivity contribution in [3.05, 3.63) is 34.9 Å². The van der Waals surface area contributed by atoms with Crippen LogP contribution in [0.15, 0.2) is 35.1 Å². The molecule has 0 unspecified atom stereocenters. The predicted molar refractivity (Wildman–Crippen MR) is 68.7 cm³/mol. The zero-order valence-corrected chi connectivity index (χ0v) is 11.2. The summed E-state index contributed by atoms with van der Waals surface area (Å²) >= 11 is 1.58. The third kappa shape index (κ3) is 2.21. The van der Waals surface area contributed by atoms with Crippen LogP contribution >= 0.6 is 11.3 Å². The van der Waals surface area contributed by atoms with Gasteiger partial charge in [0.2, 0.25) is 0 Å². The van der Waals surface area contributed by atoms with Gasteiger partial charge in [-0.1, -0.05) is 6.07 Å². The van der Waals surface area contributed by atoms with Gasteiger partial charge in [0, 0.05) is 17.5 Å². The van der Waals surface area contributed by atoms with Gasteiger partial charge < -0.3 is 4.98 Å². The van der Waals surface area contributed by atoms with Gasteiger partial charge in [0.15, 0.2) is 5.03 Å². The van der Waals surface area contributed by atoms with Crippen LogP contribution in [0.3, 0.4) is 0 Å². The van der Waals surface area contributed by atoms with Crippen molar-refractivity contribution in [3.8, 4) is 0 Å². The highest BCUT2D eigenvalue weighted by molar-refractivity contribution is 7.89. The van der Waals surface area contributed by atoms with Crippen LogP contribution in [-0.2, 0) is 16.6 Å². The smallest absolute Gasteiger partial charge is 0.260 e. The van der Waals surface area contributed by atoms with Crippen LogP contribution in [0.4, 0.5) is 0 Å². The van der Waals surface area contributed by atoms with E-state index in [-0.39, 0.29) is 11.1 Å². The zero-order chi connectivity index (χ0) is 12.6. The minimum atomic E-state index is -3.45. The molecule has 0 aliphatic heterocycles. The first-order valence-corrected chi connectivity index (χ1v) is 8.02. The average molecular weight is 283 g/mol. The van der Waals surface area contributed by atoms with E-state index in [1.807, 2.05) is 17.5 Å². The van der Waals surface area contributed by atoms with E-state index in [2.05, 4.69) is 9.97 Å². The molecule has 1 fully saturated rings. The summed E-state index contributed by atoms with van der Waals surface area (Å²) in [6.07, 6.45) is 4.64. The largest absolute Gasteiger partial charge is 0.335 e. The van der Waals surface area contributed by atoms with E-state index in [0.29, 0.717) is 6.54 Å². The van der Waals surface area contributed by atoms with Crippen molar-refractivity contribution in [2.24, 2.45) is 0 Å². The van der Waals surface area contributed by atoms with Crippen molar-refractivity contribution < 1.29 is 8.42 Å². The molecule has 0 bridgehead atoms. The molecule has 1 aliphatic rings. The van der Waals surface area contributed by atoms with Crippen LogP contribution in [-0.4, -0.2) is 28.7 Å². The fourth-order valence-corrected chi connectivity index (χ4v) is 4.18. The summed E-state index contributed by atoms with van der Waals surface area (Å²) in [7, 11) is -3.45. The molecule has 3 rings (SSSR count). The highest BCUT2D eigenvalue weighted by atomic mass is 32.2. The first-order valence-electron chi connectivity index (χ1n) is 5.70. The van der Waals surface area contributed by atoms with Gasteiger partial charge >= 0.3 is 0 Å². The molecule has 2 aromatic rings. The molecule has 0 spiro atoms. The van der Waals surface area contributed by atoms with Gasteiger partial charge in [0.1, 0.15) is 0 Å². The van der Waals surface area contributed by atoms with E-state index in [4.69, 9.17) is 0 Å². The van der Waals surface area contributed by atoms with Crippen LogP contribution in [0.1, 0.15) is 17.7 Å². The number of H-pyrrole nitrogens is 1. The topological polar surface area (TPSA) is 66.1 Å². The standard InChI is InChI=1S/C11H13N3O2S2/c15-18(16,11-6-12-8-13-11)14(9-3-4-9)7-10-2-1-5-17-10/h1-2,5-6,8-9H,3-4,7H2,(H,12,13). The van der Waals surface area contributed by atoms with Crippen molar-refractivity contribution in [2.45, 2.75) is 30.5 Å². The van der Waals surface area contributed by atoms with E-state index in [1.165, 1.54) is 12.5 Å². The number of hydrogen-bond donors (Lipinski definition) is 1. The molecule has 0 saturated heterocycles. The van der Waals surface area contributed by atoms with Gasteiger partial charge in [0.05, 0.1) is 12.5 Å². The van der Waals surface area contributed by atoms with Crippen molar-refractivity contribution in [3.63, 3.8) is 0 Å². The maximum Gasteiger partial charge on any atom is 0.260 e. The number of imidazole rings is 1. The number of aromatic nitrogens is 2. The molecule has 0 amide bonds. The van der Waals surface area contributed by atoms with Gasteiger partial charge in [-0.05, 0) is 24.3 Å². The Kier molecular flexibility index (Phi) is 2.96. The number of rotatable bonds is 5. The quantitative estimate of drug-likeness (QED) is 0.910. The Labute approximate surface area is 110 Å². The first kappa shape index (κ1) is 11.9. The number of nitrogens with one attached hydrogen (secondary N) is 1. The second-order valence-corrected chi connectivity index (χ2v) is 7.17. The number of sulfonamides is 1. The molecule has 1 aliphatic carbocycles. The third-order valence-electron chi connectivity index (χ3n) is 2.91. The lowest BCUT2D eigenvalue weighted by Crippen LogP contribution is -2.32. The second kappa shape index (κ2) is 4.49. The van der Waals surface area contributed by atoms with Gasteiger partial charge in [-0.15, -0.1) is 11.3 Å². The summed E-state index contributed by atoms with van der Waals surface area (Å²) in [4.78, 5) is 7.53. The van der Waals surface area contributed by atoms with Crippen LogP contribution < -0.4 is 0 Å². The van der Waals surface area contributed by atoms with Gasteiger partial charge in [-0.3, -0.25) is 0 Å². The summed E-state index contributed by atoms with van der Waals surface area (Å²) in [5, 5.41) is 2.13. The second-order valence-electron chi connectivity index (χ2n) is 4.28. The Bertz CT molecular complexity index is 601. The molecule has 5 nitrogen and oxygen atoms in total. The number of thiophene rings is 1. The van der Waals surface area contributed by atoms with Crippen LogP contribution in [0, 0.1) is 0 Å². The molecular formula is C11H13N3O2S2. The van der Waals surface area contributed by atoms with Gasteiger partial charge in [-0.25, -0.2) is 13.4 Å². The van der Waals surface area contributed by atoms with E-state index >= 15 is 0 Å². The molecule has 2 aromatic heterocycles. The van der Waals surface area contributed by atoms with Crippen molar-refractivity contribution in [1.82, 2.24) is 14.3 Å². The Morgan fingerprint density at radius 1 is 1.50 bits per heavy atom. The molecule has 2 heterocycles. The fourth-order valence-electron chi connectivity index (χ4n) is 1.84. The summed E-state index contributed by atoms with van der Waals surface area (Å²) < 4.78 is 26.5. The van der Waals surface area contributed by atoms with Crippen LogP contribution in [0.2, 0.25) is 0 Å². The molecule has 1 N–H and O–H groups in total. The summed E-state index contributed by atoms with van der Waals surface area (Å²) in [6.45, 7) is 0.448. The maximum absolute atomic E-state index is 12.5. The summed E-state index contributed by atoms with van der Waals surface area (Å²) in [5.41, 5.74) is 0. The Balaban J connectivity index is 1.90. The lowest BCUT2D eigenvalue weighted by atomic mass is 10.4. The van der Waals surface area contributed by atoms with Crippen LogP contribution in [0.5, 0.6) is 0 Å². The lowest BCUT2D eigenvalue weighted by molar-refractivity contribution is 0.400. The summed E-state index contributed by atoms with van der Waals surface area (Å²) in [6, 6.07) is 4.04. The van der Waals surface area contributed by atoms with E-state index in [1.54, 1.807) is 15.6 Å². The minimum absolute atomic E-state index is 0.139. The number of aromatic amines is 1. The van der Waals surface area contributed by atoms with Crippen molar-refractivity contribution >= 4 is 21.4 Å². The zero-order valence-electron chi connectivity index (χ0n) is 9.61. The predicted octanol–water partition coefficient (Wildman–Crippen LogP) is 1.82. The highest BCUT2D eigenvalue weighted by Crippen LogP contribution is 2.33. The summed E-state index contributed by atoms with van der Waals surface area (Å²) in [5.74, 6) is 0. The monoisotopic (exact) mass is 283 g/mol. The van der Waals surface area contributed by atoms with Crippen LogP contribution in [0.25, 0.3) is 0 Å². The molecule has 96 valence electrons. The number of nitrogens with zero attached hydrogens (tertiary/aromatic N) is 2.